The molecule has 0 saturated carbocycles. The number of methoxy groups -OCH3 is 1. The van der Waals surface area contributed by atoms with E-state index in [0.717, 1.165) is 36.0 Å². The van der Waals surface area contributed by atoms with Crippen molar-refractivity contribution in [3.05, 3.63) is 72.7 Å². The fourth-order valence-electron chi connectivity index (χ4n) is 3.01. The van der Waals surface area contributed by atoms with Crippen molar-refractivity contribution in [3.8, 4) is 5.75 Å². The van der Waals surface area contributed by atoms with Gasteiger partial charge in [-0.15, -0.1) is 0 Å². The highest BCUT2D eigenvalue weighted by Crippen LogP contribution is 2.20. The van der Waals surface area contributed by atoms with Crippen LogP contribution in [0, 0.1) is 0 Å². The molecule has 0 aliphatic rings. The van der Waals surface area contributed by atoms with Crippen LogP contribution in [0.4, 0.5) is 17.3 Å². The average Bonchev–Trinajstić information content (AvgIpc) is 3.12. The van der Waals surface area contributed by atoms with E-state index in [-0.39, 0.29) is 0 Å². The second kappa shape index (κ2) is 7.78. The number of hydrogen-bond acceptors (Lipinski definition) is 5. The van der Waals surface area contributed by atoms with Crippen LogP contribution in [0.15, 0.2) is 67.1 Å². The van der Waals surface area contributed by atoms with E-state index in [1.54, 1.807) is 13.4 Å². The second-order valence-electron chi connectivity index (χ2n) is 6.18. The van der Waals surface area contributed by atoms with Crippen molar-refractivity contribution in [2.45, 2.75) is 6.42 Å². The van der Waals surface area contributed by atoms with Gasteiger partial charge >= 0.3 is 0 Å². The molecule has 0 bridgehead atoms. The third kappa shape index (κ3) is 4.00. The van der Waals surface area contributed by atoms with Gasteiger partial charge in [0.05, 0.1) is 7.11 Å². The van der Waals surface area contributed by atoms with E-state index < -0.39 is 0 Å². The monoisotopic (exact) mass is 359 g/mol. The summed E-state index contributed by atoms with van der Waals surface area (Å²) in [6, 6.07) is 18.0. The van der Waals surface area contributed by atoms with Gasteiger partial charge in [-0.1, -0.05) is 18.2 Å². The number of hydrogen-bond donors (Lipinski definition) is 3. The smallest absolute Gasteiger partial charge is 0.135 e. The Morgan fingerprint density at radius 3 is 2.67 bits per heavy atom. The number of aromatic amines is 1. The molecule has 4 rings (SSSR count). The molecule has 136 valence electrons. The van der Waals surface area contributed by atoms with Crippen molar-refractivity contribution in [1.29, 1.82) is 0 Å². The largest absolute Gasteiger partial charge is 0.497 e. The van der Waals surface area contributed by atoms with Crippen LogP contribution in [-0.4, -0.2) is 28.6 Å². The van der Waals surface area contributed by atoms with Crippen molar-refractivity contribution < 1.29 is 4.74 Å². The Hall–Kier alpha value is -3.54. The molecule has 2 heterocycles. The first kappa shape index (κ1) is 16.9. The molecule has 0 radical (unpaired) electrons. The Balaban J connectivity index is 1.37. The molecule has 3 N–H and O–H groups in total. The highest BCUT2D eigenvalue weighted by atomic mass is 16.5. The van der Waals surface area contributed by atoms with Crippen molar-refractivity contribution in [2.75, 3.05) is 24.3 Å². The molecule has 6 nitrogen and oxygen atoms in total. The third-order valence-electron chi connectivity index (χ3n) is 4.40. The first-order chi connectivity index (χ1) is 13.3. The van der Waals surface area contributed by atoms with Crippen LogP contribution in [0.25, 0.3) is 10.9 Å². The third-order valence-corrected chi connectivity index (χ3v) is 4.40. The maximum atomic E-state index is 5.17. The summed E-state index contributed by atoms with van der Waals surface area (Å²) < 4.78 is 5.17. The fourth-order valence-corrected chi connectivity index (χ4v) is 3.01. The van der Waals surface area contributed by atoms with E-state index >= 15 is 0 Å². The number of anilines is 3. The summed E-state index contributed by atoms with van der Waals surface area (Å²) in [5.74, 6) is 2.36. The Kier molecular flexibility index (Phi) is 4.87. The normalized spacial score (nSPS) is 10.7. The lowest BCUT2D eigenvalue weighted by Gasteiger charge is -2.09. The van der Waals surface area contributed by atoms with Crippen LogP contribution in [-0.2, 0) is 6.42 Å². The lowest BCUT2D eigenvalue weighted by molar-refractivity contribution is 0.415. The Bertz CT molecular complexity index is 1030. The summed E-state index contributed by atoms with van der Waals surface area (Å²) in [7, 11) is 1.65. The molecule has 6 heteroatoms. The number of H-pyrrole nitrogens is 1. The summed E-state index contributed by atoms with van der Waals surface area (Å²) >= 11 is 0. The van der Waals surface area contributed by atoms with Gasteiger partial charge in [0.2, 0.25) is 0 Å². The molecule has 0 atom stereocenters. The van der Waals surface area contributed by atoms with E-state index in [9.17, 15) is 0 Å². The standard InChI is InChI=1S/C21H21N5O/c1-27-17-8-6-16(7-9-17)26-21-12-20(24-14-25-21)22-11-10-15-13-23-19-5-3-2-4-18(15)19/h2-9,12-14,23H,10-11H2,1H3,(H2,22,24,25,26). The van der Waals surface area contributed by atoms with Gasteiger partial charge in [0.25, 0.3) is 0 Å². The predicted octanol–water partition coefficient (Wildman–Crippen LogP) is 4.36. The number of nitrogens with zero attached hydrogens (tertiary/aromatic N) is 2. The molecule has 4 aromatic rings. The minimum absolute atomic E-state index is 0.741. The molecule has 2 aromatic carbocycles. The summed E-state index contributed by atoms with van der Waals surface area (Å²) in [4.78, 5) is 11.9. The molecular formula is C21H21N5O. The first-order valence-electron chi connectivity index (χ1n) is 8.84. The minimum atomic E-state index is 0.741. The molecular weight excluding hydrogens is 338 g/mol. The van der Waals surface area contributed by atoms with Crippen molar-refractivity contribution >= 4 is 28.2 Å². The van der Waals surface area contributed by atoms with Crippen LogP contribution in [0.5, 0.6) is 5.75 Å². The molecule has 0 spiro atoms. The van der Waals surface area contributed by atoms with E-state index in [2.05, 4.69) is 50.0 Å². The molecule has 0 fully saturated rings. The second-order valence-corrected chi connectivity index (χ2v) is 6.18. The van der Waals surface area contributed by atoms with Crippen LogP contribution < -0.4 is 15.4 Å². The number of benzene rings is 2. The maximum absolute atomic E-state index is 5.17. The first-order valence-corrected chi connectivity index (χ1v) is 8.84. The van der Waals surface area contributed by atoms with Gasteiger partial charge in [0.1, 0.15) is 23.7 Å². The van der Waals surface area contributed by atoms with Gasteiger partial charge in [-0.2, -0.15) is 0 Å². The lowest BCUT2D eigenvalue weighted by Crippen LogP contribution is -2.07. The minimum Gasteiger partial charge on any atom is -0.497 e. The van der Waals surface area contributed by atoms with Crippen LogP contribution in [0.2, 0.25) is 0 Å². The highest BCUT2D eigenvalue weighted by Gasteiger charge is 2.04. The maximum Gasteiger partial charge on any atom is 0.135 e. The molecule has 27 heavy (non-hydrogen) atoms. The number of rotatable bonds is 7. The van der Waals surface area contributed by atoms with Gasteiger partial charge < -0.3 is 20.4 Å². The van der Waals surface area contributed by atoms with Gasteiger partial charge in [0, 0.05) is 35.4 Å². The summed E-state index contributed by atoms with van der Waals surface area (Å²) in [6.07, 6.45) is 4.54. The average molecular weight is 359 g/mol. The van der Waals surface area contributed by atoms with Crippen LogP contribution >= 0.6 is 0 Å². The predicted molar refractivity (Wildman–Crippen MR) is 109 cm³/mol. The van der Waals surface area contributed by atoms with Crippen LogP contribution in [0.3, 0.4) is 0 Å². The van der Waals surface area contributed by atoms with Crippen LogP contribution in [0.1, 0.15) is 5.56 Å². The fraction of sp³-hybridized carbons (Fsp3) is 0.143. The molecule has 0 saturated heterocycles. The molecule has 2 aromatic heterocycles. The van der Waals surface area contributed by atoms with Crippen molar-refractivity contribution in [2.24, 2.45) is 0 Å². The van der Waals surface area contributed by atoms with E-state index in [1.807, 2.05) is 36.4 Å². The van der Waals surface area contributed by atoms with Crippen molar-refractivity contribution in [3.63, 3.8) is 0 Å². The van der Waals surface area contributed by atoms with E-state index in [1.165, 1.54) is 16.5 Å². The molecule has 0 unspecified atom stereocenters. The van der Waals surface area contributed by atoms with E-state index in [0.29, 0.717) is 0 Å². The molecule has 0 amide bonds. The zero-order valence-electron chi connectivity index (χ0n) is 15.1. The number of nitrogens with one attached hydrogen (secondary N) is 3. The SMILES string of the molecule is COc1ccc(Nc2cc(NCCc3c[nH]c4ccccc34)ncn2)cc1. The Labute approximate surface area is 157 Å². The van der Waals surface area contributed by atoms with Gasteiger partial charge in [-0.05, 0) is 42.3 Å². The number of aromatic nitrogens is 3. The molecule has 0 aliphatic carbocycles. The summed E-state index contributed by atoms with van der Waals surface area (Å²) in [5.41, 5.74) is 3.41. The van der Waals surface area contributed by atoms with Gasteiger partial charge in [-0.25, -0.2) is 9.97 Å². The quantitative estimate of drug-likeness (QED) is 0.457. The lowest BCUT2D eigenvalue weighted by atomic mass is 10.1. The van der Waals surface area contributed by atoms with Gasteiger partial charge in [0.15, 0.2) is 0 Å². The summed E-state index contributed by atoms with van der Waals surface area (Å²) in [6.45, 7) is 0.792. The van der Waals surface area contributed by atoms with Gasteiger partial charge in [-0.3, -0.25) is 0 Å². The number of ether oxygens (including phenoxy) is 1. The Morgan fingerprint density at radius 2 is 1.81 bits per heavy atom. The Morgan fingerprint density at radius 1 is 1.00 bits per heavy atom. The zero-order valence-corrected chi connectivity index (χ0v) is 15.1. The molecule has 0 aliphatic heterocycles. The summed E-state index contributed by atoms with van der Waals surface area (Å²) in [5, 5.41) is 7.91. The van der Waals surface area contributed by atoms with Crippen molar-refractivity contribution in [1.82, 2.24) is 15.0 Å². The number of fused-ring (bicyclic) bond motifs is 1. The highest BCUT2D eigenvalue weighted by molar-refractivity contribution is 5.83. The van der Waals surface area contributed by atoms with E-state index in [4.69, 9.17) is 4.74 Å². The topological polar surface area (TPSA) is 74.9 Å². The number of para-hydroxylation sites is 1. The zero-order chi connectivity index (χ0) is 18.5.